The minimum Gasteiger partial charge on any atom is -0.344 e. The van der Waals surface area contributed by atoms with Crippen molar-refractivity contribution in [3.05, 3.63) is 29.3 Å². The van der Waals surface area contributed by atoms with E-state index in [1.165, 1.54) is 0 Å². The van der Waals surface area contributed by atoms with Crippen molar-refractivity contribution in [2.75, 3.05) is 25.0 Å². The van der Waals surface area contributed by atoms with Crippen LogP contribution in [-0.4, -0.2) is 38.0 Å². The van der Waals surface area contributed by atoms with Crippen LogP contribution >= 0.6 is 11.6 Å². The molecule has 2 rings (SSSR count). The van der Waals surface area contributed by atoms with E-state index in [1.54, 1.807) is 24.1 Å². The summed E-state index contributed by atoms with van der Waals surface area (Å²) in [5, 5.41) is 6.42. The molecule has 0 spiro atoms. The van der Waals surface area contributed by atoms with Crippen molar-refractivity contribution in [3.63, 3.8) is 0 Å². The lowest BCUT2D eigenvalue weighted by molar-refractivity contribution is -0.128. The molecule has 1 heterocycles. The molecule has 0 radical (unpaired) electrons. The second-order valence-corrected chi connectivity index (χ2v) is 5.71. The first-order chi connectivity index (χ1) is 10.0. The lowest BCUT2D eigenvalue weighted by Crippen LogP contribution is -2.45. The van der Waals surface area contributed by atoms with Crippen molar-refractivity contribution in [3.8, 4) is 0 Å². The highest BCUT2D eigenvalue weighted by Crippen LogP contribution is 2.23. The average molecular weight is 310 g/mol. The summed E-state index contributed by atoms with van der Waals surface area (Å²) in [5.41, 5.74) is 0.810. The van der Waals surface area contributed by atoms with Gasteiger partial charge in [0.2, 0.25) is 11.8 Å². The Morgan fingerprint density at radius 3 is 2.71 bits per heavy atom. The molecule has 1 aliphatic heterocycles. The van der Waals surface area contributed by atoms with Crippen molar-refractivity contribution < 1.29 is 9.59 Å². The number of anilines is 1. The Bertz CT molecular complexity index is 518. The first kappa shape index (κ1) is 15.8. The zero-order chi connectivity index (χ0) is 15.4. The van der Waals surface area contributed by atoms with Crippen molar-refractivity contribution in [1.29, 1.82) is 0 Å². The van der Waals surface area contributed by atoms with E-state index in [9.17, 15) is 9.59 Å². The number of hydrogen-bond donors (Lipinski definition) is 2. The molecular formula is C15H20ClN3O2. The summed E-state index contributed by atoms with van der Waals surface area (Å²) in [6.07, 6.45) is 0.624. The van der Waals surface area contributed by atoms with E-state index in [-0.39, 0.29) is 17.7 Å². The number of amides is 2. The molecule has 0 bridgehead atoms. The van der Waals surface area contributed by atoms with Gasteiger partial charge in [-0.05, 0) is 37.7 Å². The molecule has 1 saturated heterocycles. The minimum absolute atomic E-state index is 0.0673. The fraction of sp³-hybridized carbons (Fsp3) is 0.467. The number of carbonyl (C=O) groups excluding carboxylic acids is 2. The maximum absolute atomic E-state index is 12.4. The van der Waals surface area contributed by atoms with Gasteiger partial charge in [0.1, 0.15) is 6.04 Å². The Hall–Kier alpha value is -1.59. The third kappa shape index (κ3) is 3.74. The number of nitrogens with one attached hydrogen (secondary N) is 2. The van der Waals surface area contributed by atoms with Crippen LogP contribution in [0.4, 0.5) is 5.69 Å². The highest BCUT2D eigenvalue weighted by atomic mass is 35.5. The van der Waals surface area contributed by atoms with E-state index >= 15 is 0 Å². The number of nitrogens with zero attached hydrogens (tertiary/aromatic N) is 1. The summed E-state index contributed by atoms with van der Waals surface area (Å²) < 4.78 is 0. The molecule has 1 fully saturated rings. The van der Waals surface area contributed by atoms with Gasteiger partial charge in [0.05, 0.1) is 0 Å². The molecule has 0 saturated carbocycles. The third-order valence-corrected chi connectivity index (χ3v) is 3.87. The van der Waals surface area contributed by atoms with Gasteiger partial charge in [0.25, 0.3) is 0 Å². The molecule has 2 unspecified atom stereocenters. The Balaban J connectivity index is 1.98. The van der Waals surface area contributed by atoms with E-state index < -0.39 is 6.04 Å². The number of hydrogen-bond acceptors (Lipinski definition) is 3. The van der Waals surface area contributed by atoms with Crippen LogP contribution in [-0.2, 0) is 9.59 Å². The summed E-state index contributed by atoms with van der Waals surface area (Å²) in [5.74, 6) is -0.324. The zero-order valence-corrected chi connectivity index (χ0v) is 13.0. The smallest absolute Gasteiger partial charge is 0.249 e. The van der Waals surface area contributed by atoms with Crippen LogP contribution < -0.4 is 15.5 Å². The molecular weight excluding hydrogens is 290 g/mol. The molecule has 0 aromatic heterocycles. The second-order valence-electron chi connectivity index (χ2n) is 5.27. The average Bonchev–Trinajstić information content (AvgIpc) is 2.81. The zero-order valence-electron chi connectivity index (χ0n) is 12.2. The van der Waals surface area contributed by atoms with Gasteiger partial charge < -0.3 is 15.5 Å². The standard InChI is InChI=1S/C15H20ClN3O2/c1-10(9-17-2)14(20)18-13-7-8-19(15(13)21)12-5-3-11(16)4-6-12/h3-6,10,13,17H,7-9H2,1-2H3,(H,18,20). The van der Waals surface area contributed by atoms with Gasteiger partial charge in [-0.1, -0.05) is 18.5 Å². The molecule has 1 aromatic carbocycles. The fourth-order valence-corrected chi connectivity index (χ4v) is 2.53. The summed E-state index contributed by atoms with van der Waals surface area (Å²) in [6, 6.07) is 6.70. The summed E-state index contributed by atoms with van der Waals surface area (Å²) >= 11 is 5.85. The van der Waals surface area contributed by atoms with Gasteiger partial charge in [-0.15, -0.1) is 0 Å². The lowest BCUT2D eigenvalue weighted by Gasteiger charge is -2.18. The van der Waals surface area contributed by atoms with Gasteiger partial charge in [-0.2, -0.15) is 0 Å². The highest BCUT2D eigenvalue weighted by molar-refractivity contribution is 6.30. The normalized spacial score (nSPS) is 19.7. The van der Waals surface area contributed by atoms with E-state index in [2.05, 4.69) is 10.6 Å². The Labute approximate surface area is 129 Å². The summed E-state index contributed by atoms with van der Waals surface area (Å²) in [4.78, 5) is 26.0. The van der Waals surface area contributed by atoms with E-state index in [0.29, 0.717) is 24.5 Å². The predicted molar refractivity (Wildman–Crippen MR) is 83.4 cm³/mol. The molecule has 2 amide bonds. The van der Waals surface area contributed by atoms with Crippen LogP contribution in [0.15, 0.2) is 24.3 Å². The maximum atomic E-state index is 12.4. The predicted octanol–water partition coefficient (Wildman–Crippen LogP) is 1.42. The van der Waals surface area contributed by atoms with Crippen LogP contribution in [0.3, 0.4) is 0 Å². The molecule has 1 aromatic rings. The summed E-state index contributed by atoms with van der Waals surface area (Å²) in [7, 11) is 1.80. The highest BCUT2D eigenvalue weighted by Gasteiger charge is 2.34. The van der Waals surface area contributed by atoms with Crippen molar-refractivity contribution >= 4 is 29.1 Å². The first-order valence-corrected chi connectivity index (χ1v) is 7.42. The summed E-state index contributed by atoms with van der Waals surface area (Å²) in [6.45, 7) is 3.03. The maximum Gasteiger partial charge on any atom is 0.249 e. The first-order valence-electron chi connectivity index (χ1n) is 7.05. The van der Waals surface area contributed by atoms with Gasteiger partial charge in [-0.3, -0.25) is 9.59 Å². The van der Waals surface area contributed by atoms with Crippen LogP contribution in [0.5, 0.6) is 0 Å². The Morgan fingerprint density at radius 1 is 1.43 bits per heavy atom. The Morgan fingerprint density at radius 2 is 2.10 bits per heavy atom. The number of benzene rings is 1. The monoisotopic (exact) mass is 309 g/mol. The van der Waals surface area contributed by atoms with Gasteiger partial charge >= 0.3 is 0 Å². The molecule has 5 nitrogen and oxygen atoms in total. The van der Waals surface area contributed by atoms with Crippen molar-refractivity contribution in [2.24, 2.45) is 5.92 Å². The van der Waals surface area contributed by atoms with Crippen LogP contribution in [0, 0.1) is 5.92 Å². The van der Waals surface area contributed by atoms with Gasteiger partial charge in [0.15, 0.2) is 0 Å². The number of carbonyl (C=O) groups is 2. The molecule has 21 heavy (non-hydrogen) atoms. The topological polar surface area (TPSA) is 61.4 Å². The van der Waals surface area contributed by atoms with Crippen LogP contribution in [0.25, 0.3) is 0 Å². The largest absolute Gasteiger partial charge is 0.344 e. The second kappa shape index (κ2) is 6.91. The van der Waals surface area contributed by atoms with Crippen molar-refractivity contribution in [1.82, 2.24) is 10.6 Å². The Kier molecular flexibility index (Phi) is 5.20. The van der Waals surface area contributed by atoms with E-state index in [1.807, 2.05) is 19.1 Å². The van der Waals surface area contributed by atoms with E-state index in [4.69, 9.17) is 11.6 Å². The molecule has 0 aliphatic carbocycles. The quantitative estimate of drug-likeness (QED) is 0.864. The third-order valence-electron chi connectivity index (χ3n) is 3.62. The van der Waals surface area contributed by atoms with E-state index in [0.717, 1.165) is 5.69 Å². The minimum atomic E-state index is -0.438. The number of rotatable bonds is 5. The number of halogens is 1. The molecule has 2 N–H and O–H groups in total. The lowest BCUT2D eigenvalue weighted by atomic mass is 10.1. The van der Waals surface area contributed by atoms with Crippen molar-refractivity contribution in [2.45, 2.75) is 19.4 Å². The van der Waals surface area contributed by atoms with Gasteiger partial charge in [0, 0.05) is 29.7 Å². The van der Waals surface area contributed by atoms with Crippen LogP contribution in [0.2, 0.25) is 5.02 Å². The molecule has 114 valence electrons. The fourth-order valence-electron chi connectivity index (χ4n) is 2.40. The van der Waals surface area contributed by atoms with Gasteiger partial charge in [-0.25, -0.2) is 0 Å². The molecule has 6 heteroatoms. The van der Waals surface area contributed by atoms with Crippen LogP contribution in [0.1, 0.15) is 13.3 Å². The molecule has 1 aliphatic rings. The molecule has 2 atom stereocenters. The SMILES string of the molecule is CNCC(C)C(=O)NC1CCN(c2ccc(Cl)cc2)C1=O.